The van der Waals surface area contributed by atoms with Gasteiger partial charge in [-0.25, -0.2) is 13.1 Å². The van der Waals surface area contributed by atoms with Gasteiger partial charge < -0.3 is 4.90 Å². The molecule has 18 heavy (non-hydrogen) atoms. The summed E-state index contributed by atoms with van der Waals surface area (Å²) in [6, 6.07) is 2.28. The van der Waals surface area contributed by atoms with Gasteiger partial charge in [0, 0.05) is 12.1 Å². The quantitative estimate of drug-likeness (QED) is 0.588. The van der Waals surface area contributed by atoms with Gasteiger partial charge in [-0.05, 0) is 53.1 Å². The van der Waals surface area contributed by atoms with Gasteiger partial charge in [0.2, 0.25) is 10.0 Å². The molecular formula is C12H21N3O2S. The largest absolute Gasteiger partial charge is 0.373 e. The van der Waals surface area contributed by atoms with Gasteiger partial charge in [-0.1, -0.05) is 0 Å². The maximum absolute atomic E-state index is 11.4. The molecule has 0 fully saturated rings. The fraction of sp³-hybridized carbons (Fsp3) is 0.583. The van der Waals surface area contributed by atoms with Crippen molar-refractivity contribution in [1.29, 1.82) is 5.26 Å². The van der Waals surface area contributed by atoms with Gasteiger partial charge >= 0.3 is 0 Å². The smallest absolute Gasteiger partial charge is 0.250 e. The number of nitrogens with one attached hydrogen (secondary N) is 1. The number of allylic oxidation sites excluding steroid dienone is 3. The number of nitriles is 1. The summed E-state index contributed by atoms with van der Waals surface area (Å²) in [6.45, 7) is 8.18. The van der Waals surface area contributed by atoms with Crippen LogP contribution in [0.15, 0.2) is 23.3 Å². The molecule has 6 heteroatoms. The van der Waals surface area contributed by atoms with Crippen molar-refractivity contribution in [2.24, 2.45) is 0 Å². The highest BCUT2D eigenvalue weighted by Gasteiger charge is 2.13. The second-order valence-electron chi connectivity index (χ2n) is 4.33. The third-order valence-corrected chi connectivity index (χ3v) is 3.71. The van der Waals surface area contributed by atoms with Crippen LogP contribution in [-0.2, 0) is 10.0 Å². The van der Waals surface area contributed by atoms with E-state index in [0.29, 0.717) is 12.1 Å². The Morgan fingerprint density at radius 2 is 1.78 bits per heavy atom. The standard InChI is InChI=1S/C12H21N3O2S/c1-10(2)15(11(3)4)8-6-7-12(9-13)18(16,17)14-5/h6-8,10-11,14H,1-5H3/b8-6+,12-7+. The predicted molar refractivity (Wildman–Crippen MR) is 72.9 cm³/mol. The SMILES string of the molecule is CNS(=O)(=O)/C(C#N)=C/C=C/N(C(C)C)C(C)C. The lowest BCUT2D eigenvalue weighted by molar-refractivity contribution is 0.256. The predicted octanol–water partition coefficient (Wildman–Crippen LogP) is 1.58. The average molecular weight is 271 g/mol. The average Bonchev–Trinajstić information content (AvgIpc) is 2.27. The van der Waals surface area contributed by atoms with Crippen LogP contribution in [0.25, 0.3) is 0 Å². The number of hydrogen-bond acceptors (Lipinski definition) is 4. The first-order valence-corrected chi connectivity index (χ1v) is 7.24. The Balaban J connectivity index is 5.07. The lowest BCUT2D eigenvalue weighted by atomic mass is 10.2. The molecule has 0 saturated heterocycles. The van der Waals surface area contributed by atoms with Crippen molar-refractivity contribution < 1.29 is 8.42 Å². The molecule has 0 radical (unpaired) electrons. The zero-order valence-corrected chi connectivity index (χ0v) is 12.3. The van der Waals surface area contributed by atoms with Gasteiger partial charge in [0.1, 0.15) is 6.07 Å². The maximum atomic E-state index is 11.4. The van der Waals surface area contributed by atoms with Crippen LogP contribution in [-0.4, -0.2) is 32.4 Å². The molecular weight excluding hydrogens is 250 g/mol. The summed E-state index contributed by atoms with van der Waals surface area (Å²) in [5.74, 6) is 0. The van der Waals surface area contributed by atoms with E-state index in [1.165, 1.54) is 13.1 Å². The van der Waals surface area contributed by atoms with Gasteiger partial charge in [-0.2, -0.15) is 5.26 Å². The van der Waals surface area contributed by atoms with Gasteiger partial charge in [-0.3, -0.25) is 0 Å². The molecule has 0 aromatic heterocycles. The summed E-state index contributed by atoms with van der Waals surface area (Å²) in [5.41, 5.74) is 0. The summed E-state index contributed by atoms with van der Waals surface area (Å²) in [6.07, 6.45) is 4.66. The molecule has 0 aromatic carbocycles. The van der Waals surface area contributed by atoms with Crippen molar-refractivity contribution in [2.45, 2.75) is 39.8 Å². The summed E-state index contributed by atoms with van der Waals surface area (Å²) in [7, 11) is -2.39. The van der Waals surface area contributed by atoms with E-state index < -0.39 is 10.0 Å². The molecule has 0 aliphatic carbocycles. The van der Waals surface area contributed by atoms with Crippen molar-refractivity contribution in [3.8, 4) is 6.07 Å². The minimum Gasteiger partial charge on any atom is -0.373 e. The number of rotatable bonds is 6. The van der Waals surface area contributed by atoms with Crippen molar-refractivity contribution in [2.75, 3.05) is 7.05 Å². The van der Waals surface area contributed by atoms with E-state index in [1.807, 2.05) is 27.7 Å². The monoisotopic (exact) mass is 271 g/mol. The highest BCUT2D eigenvalue weighted by atomic mass is 32.2. The molecule has 0 aromatic rings. The van der Waals surface area contributed by atoms with E-state index >= 15 is 0 Å². The fourth-order valence-corrected chi connectivity index (χ4v) is 2.07. The lowest BCUT2D eigenvalue weighted by Gasteiger charge is -2.28. The normalized spacial score (nSPS) is 13.3. The first-order valence-electron chi connectivity index (χ1n) is 5.75. The Morgan fingerprint density at radius 1 is 1.28 bits per heavy atom. The molecule has 1 N–H and O–H groups in total. The minimum atomic E-state index is -3.67. The summed E-state index contributed by atoms with van der Waals surface area (Å²) < 4.78 is 25.0. The molecule has 0 atom stereocenters. The van der Waals surface area contributed by atoms with Gasteiger partial charge in [0.05, 0.1) is 0 Å². The highest BCUT2D eigenvalue weighted by molar-refractivity contribution is 7.93. The molecule has 0 bridgehead atoms. The van der Waals surface area contributed by atoms with Gasteiger partial charge in [-0.15, -0.1) is 0 Å². The fourth-order valence-electron chi connectivity index (χ4n) is 1.47. The summed E-state index contributed by atoms with van der Waals surface area (Å²) in [5, 5.41) is 8.79. The van der Waals surface area contributed by atoms with Crippen LogP contribution < -0.4 is 4.72 Å². The summed E-state index contributed by atoms with van der Waals surface area (Å²) in [4.78, 5) is 1.77. The van der Waals surface area contributed by atoms with E-state index in [4.69, 9.17) is 5.26 Å². The molecule has 0 aliphatic rings. The molecule has 102 valence electrons. The molecule has 0 amide bonds. The third kappa shape index (κ3) is 4.90. The van der Waals surface area contributed by atoms with Crippen molar-refractivity contribution in [1.82, 2.24) is 9.62 Å². The number of nitrogens with zero attached hydrogens (tertiary/aromatic N) is 2. The number of sulfonamides is 1. The Morgan fingerprint density at radius 3 is 2.11 bits per heavy atom. The van der Waals surface area contributed by atoms with Crippen LogP contribution in [0.5, 0.6) is 0 Å². The Kier molecular flexibility index (Phi) is 6.66. The second-order valence-corrected chi connectivity index (χ2v) is 6.18. The van der Waals surface area contributed by atoms with E-state index in [0.717, 1.165) is 0 Å². The Labute approximate surface area is 110 Å². The van der Waals surface area contributed by atoms with E-state index in [2.05, 4.69) is 9.62 Å². The van der Waals surface area contributed by atoms with Crippen LogP contribution in [0.1, 0.15) is 27.7 Å². The Bertz CT molecular complexity index is 448. The van der Waals surface area contributed by atoms with E-state index in [1.54, 1.807) is 18.3 Å². The molecule has 0 rings (SSSR count). The van der Waals surface area contributed by atoms with Crippen LogP contribution >= 0.6 is 0 Å². The summed E-state index contributed by atoms with van der Waals surface area (Å²) >= 11 is 0. The molecule has 0 aliphatic heterocycles. The van der Waals surface area contributed by atoms with Crippen molar-refractivity contribution in [3.05, 3.63) is 23.3 Å². The first-order chi connectivity index (χ1) is 8.26. The van der Waals surface area contributed by atoms with E-state index in [-0.39, 0.29) is 4.91 Å². The lowest BCUT2D eigenvalue weighted by Crippen LogP contribution is -2.31. The topological polar surface area (TPSA) is 73.2 Å². The zero-order chi connectivity index (χ0) is 14.3. The van der Waals surface area contributed by atoms with Crippen LogP contribution in [0.4, 0.5) is 0 Å². The maximum Gasteiger partial charge on any atom is 0.250 e. The van der Waals surface area contributed by atoms with Crippen LogP contribution in [0, 0.1) is 11.3 Å². The number of hydrogen-bond donors (Lipinski definition) is 1. The second kappa shape index (κ2) is 7.19. The molecule has 0 unspecified atom stereocenters. The van der Waals surface area contributed by atoms with Crippen LogP contribution in [0.2, 0.25) is 0 Å². The zero-order valence-electron chi connectivity index (χ0n) is 11.5. The third-order valence-electron chi connectivity index (χ3n) is 2.37. The van der Waals surface area contributed by atoms with E-state index in [9.17, 15) is 8.42 Å². The first kappa shape index (κ1) is 16.7. The van der Waals surface area contributed by atoms with Crippen molar-refractivity contribution in [3.63, 3.8) is 0 Å². The molecule has 0 heterocycles. The highest BCUT2D eigenvalue weighted by Crippen LogP contribution is 2.07. The van der Waals surface area contributed by atoms with Gasteiger partial charge in [0.25, 0.3) is 0 Å². The van der Waals surface area contributed by atoms with Crippen molar-refractivity contribution >= 4 is 10.0 Å². The Hall–Kier alpha value is -1.32. The van der Waals surface area contributed by atoms with Gasteiger partial charge in [0.15, 0.2) is 4.91 Å². The van der Waals surface area contributed by atoms with Crippen LogP contribution in [0.3, 0.4) is 0 Å². The molecule has 0 spiro atoms. The molecule has 5 nitrogen and oxygen atoms in total. The molecule has 0 saturated carbocycles. The minimum absolute atomic E-state index is 0.297.